The van der Waals surface area contributed by atoms with Gasteiger partial charge in [-0.15, -0.1) is 0 Å². The summed E-state index contributed by atoms with van der Waals surface area (Å²) < 4.78 is 28.1. The Labute approximate surface area is 185 Å². The molecule has 0 bridgehead atoms. The Bertz CT molecular complexity index is 1150. The average Bonchev–Trinajstić information content (AvgIpc) is 3.55. The molecule has 1 heterocycles. The molecule has 2 amide bonds. The van der Waals surface area contributed by atoms with Gasteiger partial charge in [0.15, 0.2) is 11.2 Å². The van der Waals surface area contributed by atoms with Crippen molar-refractivity contribution in [2.75, 3.05) is 6.54 Å². The van der Waals surface area contributed by atoms with Gasteiger partial charge in [-0.05, 0) is 64.2 Å². The van der Waals surface area contributed by atoms with Crippen molar-refractivity contribution >= 4 is 39.1 Å². The number of ketones is 1. The molecule has 0 saturated heterocycles. The zero-order chi connectivity index (χ0) is 22.5. The van der Waals surface area contributed by atoms with Crippen molar-refractivity contribution in [3.8, 4) is 0 Å². The summed E-state index contributed by atoms with van der Waals surface area (Å²) in [6.45, 7) is -0.240. The molecule has 2 aromatic carbocycles. The van der Waals surface area contributed by atoms with E-state index >= 15 is 0 Å². The maximum absolute atomic E-state index is 14.4. The number of nitrogens with zero attached hydrogens (tertiary/aromatic N) is 1. The lowest BCUT2D eigenvalue weighted by atomic mass is 9.69. The van der Waals surface area contributed by atoms with E-state index in [1.54, 1.807) is 4.90 Å². The number of benzene rings is 2. The minimum absolute atomic E-state index is 0.0476. The van der Waals surface area contributed by atoms with Crippen LogP contribution >= 0.6 is 15.9 Å². The largest absolute Gasteiger partial charge is 0.368 e. The van der Waals surface area contributed by atoms with Crippen LogP contribution in [0, 0.1) is 11.6 Å². The average molecular weight is 490 g/mol. The molecule has 0 spiro atoms. The van der Waals surface area contributed by atoms with Crippen LogP contribution in [0.5, 0.6) is 0 Å². The Morgan fingerprint density at radius 2 is 1.71 bits per heavy atom. The Morgan fingerprint density at radius 3 is 2.23 bits per heavy atom. The summed E-state index contributed by atoms with van der Waals surface area (Å²) in [7, 11) is 0. The molecule has 1 saturated carbocycles. The molecular formula is C22H18BrF2N3O3. The van der Waals surface area contributed by atoms with Crippen LogP contribution in [0.25, 0.3) is 5.57 Å². The molecule has 2 aliphatic rings. The highest BCUT2D eigenvalue weighted by Gasteiger charge is 2.55. The number of allylic oxidation sites excluding steroid dienone is 1. The minimum atomic E-state index is -1.95. The van der Waals surface area contributed by atoms with E-state index in [1.165, 1.54) is 24.3 Å². The van der Waals surface area contributed by atoms with Crippen LogP contribution in [0.2, 0.25) is 0 Å². The van der Waals surface area contributed by atoms with Crippen LogP contribution in [0.15, 0.2) is 52.6 Å². The van der Waals surface area contributed by atoms with Crippen molar-refractivity contribution in [1.82, 2.24) is 4.90 Å². The molecule has 1 aliphatic heterocycles. The Morgan fingerprint density at radius 1 is 1.06 bits per heavy atom. The summed E-state index contributed by atoms with van der Waals surface area (Å²) in [5, 5.41) is 0. The third kappa shape index (κ3) is 3.42. The molecule has 4 rings (SSSR count). The normalized spacial score (nSPS) is 21.4. The molecule has 1 aliphatic carbocycles. The number of primary amides is 2. The molecule has 1 fully saturated rings. The lowest BCUT2D eigenvalue weighted by molar-refractivity contribution is -0.134. The van der Waals surface area contributed by atoms with E-state index in [0.717, 1.165) is 31.0 Å². The number of amides is 2. The van der Waals surface area contributed by atoms with Crippen molar-refractivity contribution in [3.05, 3.63) is 75.4 Å². The molecule has 160 valence electrons. The number of nitrogens with two attached hydrogens (primary N) is 2. The SMILES string of the molecule is NC(=O)C1=C(c2ccc(F)cc2)C(=O)C(C(N)=O)(c2ccc(Br)c(F)c2)CN1C1CC1. The van der Waals surface area contributed by atoms with Crippen LogP contribution in [0.3, 0.4) is 0 Å². The first-order valence-electron chi connectivity index (χ1n) is 9.53. The standard InChI is InChI=1S/C22H18BrF2N3O3/c23-15-8-3-12(9-16(15)25)22(21(27)31)10-28(14-6-7-14)18(20(26)30)17(19(22)29)11-1-4-13(24)5-2-11/h1-5,8-9,14H,6-7,10H2,(H2,26,30)(H2,27,31). The van der Waals surface area contributed by atoms with Gasteiger partial charge in [-0.25, -0.2) is 8.78 Å². The highest BCUT2D eigenvalue weighted by molar-refractivity contribution is 9.10. The fourth-order valence-electron chi connectivity index (χ4n) is 4.03. The molecule has 0 aromatic heterocycles. The number of carbonyl (C=O) groups is 3. The van der Waals surface area contributed by atoms with Crippen molar-refractivity contribution in [3.63, 3.8) is 0 Å². The lowest BCUT2D eigenvalue weighted by Gasteiger charge is -2.42. The summed E-state index contributed by atoms with van der Waals surface area (Å²) in [6, 6.07) is 8.71. The quantitative estimate of drug-likeness (QED) is 0.628. The second-order valence-corrected chi connectivity index (χ2v) is 8.54. The first-order chi connectivity index (χ1) is 14.7. The number of hydrogen-bond acceptors (Lipinski definition) is 4. The number of halogens is 3. The van der Waals surface area contributed by atoms with Gasteiger partial charge < -0.3 is 16.4 Å². The second kappa shape index (κ2) is 7.56. The molecule has 4 N–H and O–H groups in total. The molecule has 6 nitrogen and oxygen atoms in total. The molecule has 1 atom stereocenters. The van der Waals surface area contributed by atoms with Crippen LogP contribution in [-0.2, 0) is 19.8 Å². The third-order valence-electron chi connectivity index (χ3n) is 5.73. The zero-order valence-electron chi connectivity index (χ0n) is 16.2. The fraction of sp³-hybridized carbons (Fsp3) is 0.227. The summed E-state index contributed by atoms with van der Waals surface area (Å²) in [6.07, 6.45) is 1.45. The van der Waals surface area contributed by atoms with Gasteiger partial charge in [-0.1, -0.05) is 18.2 Å². The molecule has 31 heavy (non-hydrogen) atoms. The molecule has 2 aromatic rings. The summed E-state index contributed by atoms with van der Waals surface area (Å²) in [5.74, 6) is -3.81. The fourth-order valence-corrected chi connectivity index (χ4v) is 4.28. The Hall–Kier alpha value is -3.07. The van der Waals surface area contributed by atoms with E-state index < -0.39 is 34.6 Å². The van der Waals surface area contributed by atoms with Crippen molar-refractivity contribution in [2.24, 2.45) is 11.5 Å². The lowest BCUT2D eigenvalue weighted by Crippen LogP contribution is -2.60. The number of Topliss-reactive ketones (excluding diaryl/α,β-unsaturated/α-hetero) is 1. The number of rotatable bonds is 5. The van der Waals surface area contributed by atoms with Gasteiger partial charge in [0.2, 0.25) is 5.91 Å². The smallest absolute Gasteiger partial charge is 0.265 e. The molecule has 1 unspecified atom stereocenters. The minimum Gasteiger partial charge on any atom is -0.368 e. The van der Waals surface area contributed by atoms with Crippen molar-refractivity contribution in [2.45, 2.75) is 24.3 Å². The number of hydrogen-bond donors (Lipinski definition) is 2. The van der Waals surface area contributed by atoms with Crippen molar-refractivity contribution < 1.29 is 23.2 Å². The van der Waals surface area contributed by atoms with Gasteiger partial charge in [-0.3, -0.25) is 14.4 Å². The highest BCUT2D eigenvalue weighted by atomic mass is 79.9. The number of carbonyl (C=O) groups excluding carboxylic acids is 3. The van der Waals surface area contributed by atoms with Gasteiger partial charge in [0.1, 0.15) is 17.3 Å². The van der Waals surface area contributed by atoms with E-state index in [4.69, 9.17) is 11.5 Å². The first-order valence-corrected chi connectivity index (χ1v) is 10.3. The first kappa shape index (κ1) is 21.2. The Kier molecular flexibility index (Phi) is 5.17. The molecular weight excluding hydrogens is 472 g/mol. The second-order valence-electron chi connectivity index (χ2n) is 7.68. The van der Waals surface area contributed by atoms with E-state index in [1.807, 2.05) is 0 Å². The topological polar surface area (TPSA) is 106 Å². The van der Waals surface area contributed by atoms with Crippen LogP contribution < -0.4 is 11.5 Å². The van der Waals surface area contributed by atoms with E-state index in [-0.39, 0.29) is 39.5 Å². The highest BCUT2D eigenvalue weighted by Crippen LogP contribution is 2.44. The van der Waals surface area contributed by atoms with Crippen LogP contribution in [0.4, 0.5) is 8.78 Å². The maximum Gasteiger partial charge on any atom is 0.265 e. The van der Waals surface area contributed by atoms with Crippen LogP contribution in [0.1, 0.15) is 24.0 Å². The summed E-state index contributed by atoms with van der Waals surface area (Å²) >= 11 is 3.06. The maximum atomic E-state index is 14.4. The van der Waals surface area contributed by atoms with Gasteiger partial charge in [0.25, 0.3) is 5.91 Å². The van der Waals surface area contributed by atoms with E-state index in [2.05, 4.69) is 15.9 Å². The van der Waals surface area contributed by atoms with Gasteiger partial charge in [0.05, 0.1) is 10.0 Å². The van der Waals surface area contributed by atoms with Crippen LogP contribution in [-0.4, -0.2) is 35.1 Å². The third-order valence-corrected chi connectivity index (χ3v) is 6.38. The molecule has 0 radical (unpaired) electrons. The van der Waals surface area contributed by atoms with Crippen molar-refractivity contribution in [1.29, 1.82) is 0 Å². The predicted molar refractivity (Wildman–Crippen MR) is 112 cm³/mol. The summed E-state index contributed by atoms with van der Waals surface area (Å²) in [5.41, 5.74) is 9.56. The van der Waals surface area contributed by atoms with Gasteiger partial charge in [0, 0.05) is 12.6 Å². The molecule has 9 heteroatoms. The zero-order valence-corrected chi connectivity index (χ0v) is 17.8. The predicted octanol–water partition coefficient (Wildman–Crippen LogP) is 2.39. The van der Waals surface area contributed by atoms with Gasteiger partial charge in [-0.2, -0.15) is 0 Å². The van der Waals surface area contributed by atoms with E-state index in [9.17, 15) is 23.2 Å². The van der Waals surface area contributed by atoms with Gasteiger partial charge >= 0.3 is 0 Å². The van der Waals surface area contributed by atoms with E-state index in [0.29, 0.717) is 0 Å². The Balaban J connectivity index is 2.02. The monoisotopic (exact) mass is 489 g/mol. The summed E-state index contributed by atoms with van der Waals surface area (Å²) in [4.78, 5) is 40.7.